The van der Waals surface area contributed by atoms with E-state index in [2.05, 4.69) is 12.6 Å². The molecule has 2 heterocycles. The van der Waals surface area contributed by atoms with Crippen LogP contribution < -0.4 is 0 Å². The van der Waals surface area contributed by atoms with Crippen LogP contribution in [0.25, 0.3) is 0 Å². The van der Waals surface area contributed by atoms with E-state index < -0.39 is 15.4 Å². The third-order valence-electron chi connectivity index (χ3n) is 8.48. The molecule has 218 valence electrons. The molecule has 5 rings (SSSR count). The molecule has 4 atom stereocenters. The molecular formula is C32H36Cl2N2O3S2. The van der Waals surface area contributed by atoms with Gasteiger partial charge in [-0.2, -0.15) is 4.31 Å². The van der Waals surface area contributed by atoms with E-state index >= 15 is 0 Å². The fraction of sp³-hybridized carbons (Fsp3) is 0.406. The van der Waals surface area contributed by atoms with Gasteiger partial charge in [-0.25, -0.2) is 8.42 Å². The average molecular weight is 632 g/mol. The number of piperidine rings is 1. The molecule has 2 aromatic carbocycles. The molecule has 5 nitrogen and oxygen atoms in total. The van der Waals surface area contributed by atoms with Gasteiger partial charge in [0.2, 0.25) is 15.9 Å². The summed E-state index contributed by atoms with van der Waals surface area (Å²) in [7, 11) is -3.54. The lowest BCUT2D eigenvalue weighted by Crippen LogP contribution is -2.58. The Bertz CT molecular complexity index is 1490. The van der Waals surface area contributed by atoms with Gasteiger partial charge in [-0.15, -0.1) is 17.9 Å². The van der Waals surface area contributed by atoms with Gasteiger partial charge in [-0.05, 0) is 78.4 Å². The lowest BCUT2D eigenvalue weighted by molar-refractivity contribution is -0.155. The largest absolute Gasteiger partial charge is 0.330 e. The highest BCUT2D eigenvalue weighted by molar-refractivity contribution is 7.88. The molecule has 2 aliphatic rings. The van der Waals surface area contributed by atoms with Crippen molar-refractivity contribution < 1.29 is 13.2 Å². The number of nitrogens with zero attached hydrogens (tertiary/aromatic N) is 2. The molecule has 1 aliphatic heterocycles. The first-order valence-corrected chi connectivity index (χ1v) is 17.4. The molecule has 0 spiro atoms. The molecular weight excluding hydrogens is 595 g/mol. The van der Waals surface area contributed by atoms with E-state index in [1.807, 2.05) is 77.9 Å². The summed E-state index contributed by atoms with van der Waals surface area (Å²) in [5.74, 6) is 0.187. The van der Waals surface area contributed by atoms with Crippen LogP contribution in [0.4, 0.5) is 0 Å². The summed E-state index contributed by atoms with van der Waals surface area (Å²) in [4.78, 5) is 17.7. The molecule has 0 N–H and O–H groups in total. The van der Waals surface area contributed by atoms with E-state index in [0.29, 0.717) is 22.9 Å². The number of sulfonamides is 1. The maximum absolute atomic E-state index is 14.7. The van der Waals surface area contributed by atoms with Crippen LogP contribution in [0, 0.1) is 11.3 Å². The Kier molecular flexibility index (Phi) is 9.03. The lowest BCUT2D eigenvalue weighted by Gasteiger charge is -2.52. The summed E-state index contributed by atoms with van der Waals surface area (Å²) in [6.45, 7) is 6.52. The molecule has 3 aromatic rings. The summed E-state index contributed by atoms with van der Waals surface area (Å²) in [6, 6.07) is 18.9. The van der Waals surface area contributed by atoms with Gasteiger partial charge in [0.1, 0.15) is 0 Å². The number of halogens is 2. The van der Waals surface area contributed by atoms with Crippen molar-refractivity contribution in [3.63, 3.8) is 0 Å². The minimum absolute atomic E-state index is 0.0390. The zero-order valence-electron chi connectivity index (χ0n) is 23.4. The Morgan fingerprint density at radius 2 is 1.83 bits per heavy atom. The Morgan fingerprint density at radius 1 is 1.10 bits per heavy atom. The second-order valence-electron chi connectivity index (χ2n) is 11.7. The number of likely N-dealkylation sites (tertiary alicyclic amines) is 1. The highest BCUT2D eigenvalue weighted by atomic mass is 35.5. The number of thiophene rings is 1. The van der Waals surface area contributed by atoms with Crippen LogP contribution in [0.1, 0.15) is 60.6 Å². The quantitative estimate of drug-likeness (QED) is 0.202. The SMILES string of the molecule is C=CC[C@@]1(C)C[C@H](c2cccc(Cl)c2)[C@@H](c2ccc(Cl)cc2)N(C(CN(Cc2cccs2)S(C)(=O)=O)C2CC2)C1=O. The number of benzene rings is 2. The van der Waals surface area contributed by atoms with Crippen LogP contribution in [0.15, 0.2) is 78.7 Å². The molecule has 9 heteroatoms. The summed E-state index contributed by atoms with van der Waals surface area (Å²) < 4.78 is 27.8. The molecule has 1 amide bonds. The predicted molar refractivity (Wildman–Crippen MR) is 169 cm³/mol. The number of amides is 1. The Labute approximate surface area is 257 Å². The molecule has 1 aromatic heterocycles. The number of allylic oxidation sites excluding steroid dienone is 1. The van der Waals surface area contributed by atoms with Gasteiger partial charge in [0.15, 0.2) is 0 Å². The zero-order valence-corrected chi connectivity index (χ0v) is 26.5. The van der Waals surface area contributed by atoms with Crippen molar-refractivity contribution >= 4 is 50.5 Å². The molecule has 2 fully saturated rings. The van der Waals surface area contributed by atoms with Crippen LogP contribution >= 0.6 is 34.5 Å². The van der Waals surface area contributed by atoms with Crippen LogP contribution in [0.5, 0.6) is 0 Å². The van der Waals surface area contributed by atoms with Gasteiger partial charge in [0.25, 0.3) is 0 Å². The van der Waals surface area contributed by atoms with Crippen LogP contribution in [0.2, 0.25) is 10.0 Å². The van der Waals surface area contributed by atoms with E-state index in [-0.39, 0.29) is 42.9 Å². The van der Waals surface area contributed by atoms with E-state index in [0.717, 1.165) is 28.8 Å². The maximum Gasteiger partial charge on any atom is 0.229 e. The van der Waals surface area contributed by atoms with E-state index in [1.165, 1.54) is 17.6 Å². The van der Waals surface area contributed by atoms with E-state index in [9.17, 15) is 13.2 Å². The van der Waals surface area contributed by atoms with Gasteiger partial charge < -0.3 is 4.90 Å². The standard InChI is InChI=1S/C32H36Cl2N2O3S2/c1-4-16-32(2)19-28(24-7-5-8-26(34)18-24)30(23-12-14-25(33)15-13-23)36(31(32)37)29(22-10-11-22)21-35(41(3,38)39)20-27-9-6-17-40-27/h4-9,12-15,17-18,22,28-30H,1,10-11,16,19-21H2,2-3H3/t28-,29?,30-,32+/m1/s1. The molecule has 0 bridgehead atoms. The van der Waals surface area contributed by atoms with Crippen LogP contribution in [0.3, 0.4) is 0 Å². The van der Waals surface area contributed by atoms with Gasteiger partial charge in [-0.3, -0.25) is 4.79 Å². The molecule has 1 unspecified atom stereocenters. The van der Waals surface area contributed by atoms with Crippen molar-refractivity contribution in [1.82, 2.24) is 9.21 Å². The van der Waals surface area contributed by atoms with Gasteiger partial charge >= 0.3 is 0 Å². The summed E-state index contributed by atoms with van der Waals surface area (Å²) in [6.07, 6.45) is 6.13. The number of hydrogen-bond acceptors (Lipinski definition) is 4. The van der Waals surface area contributed by atoms with Crippen LogP contribution in [-0.4, -0.2) is 42.4 Å². The highest BCUT2D eigenvalue weighted by Gasteiger charge is 2.53. The van der Waals surface area contributed by atoms with Crippen LogP contribution in [-0.2, 0) is 21.4 Å². The average Bonchev–Trinajstić information content (AvgIpc) is 3.63. The predicted octanol–water partition coefficient (Wildman–Crippen LogP) is 7.93. The molecule has 0 radical (unpaired) electrons. The minimum atomic E-state index is -3.54. The first-order chi connectivity index (χ1) is 19.5. The second kappa shape index (κ2) is 12.2. The van der Waals surface area contributed by atoms with E-state index in [1.54, 1.807) is 4.31 Å². The maximum atomic E-state index is 14.7. The molecule has 1 saturated carbocycles. The monoisotopic (exact) mass is 630 g/mol. The topological polar surface area (TPSA) is 57.7 Å². The summed E-state index contributed by atoms with van der Waals surface area (Å²) in [5, 5.41) is 3.22. The summed E-state index contributed by atoms with van der Waals surface area (Å²) >= 11 is 14.3. The van der Waals surface area contributed by atoms with Gasteiger partial charge in [0, 0.05) is 40.0 Å². The molecule has 41 heavy (non-hydrogen) atoms. The lowest BCUT2D eigenvalue weighted by atomic mass is 9.67. The summed E-state index contributed by atoms with van der Waals surface area (Å²) in [5.41, 5.74) is 1.33. The first-order valence-electron chi connectivity index (χ1n) is 13.9. The van der Waals surface area contributed by atoms with Crippen molar-refractivity contribution in [2.75, 3.05) is 12.8 Å². The third kappa shape index (κ3) is 6.75. The Hall–Kier alpha value is -2.16. The minimum Gasteiger partial charge on any atom is -0.330 e. The number of carbonyl (C=O) groups is 1. The first kappa shape index (κ1) is 30.3. The number of rotatable bonds is 11. The van der Waals surface area contributed by atoms with Crippen molar-refractivity contribution in [2.45, 2.75) is 57.2 Å². The fourth-order valence-corrected chi connectivity index (χ4v) is 8.22. The third-order valence-corrected chi connectivity index (χ3v) is 11.0. The zero-order chi connectivity index (χ0) is 29.4. The second-order valence-corrected chi connectivity index (χ2v) is 15.6. The van der Waals surface area contributed by atoms with Crippen molar-refractivity contribution in [2.24, 2.45) is 11.3 Å². The number of hydrogen-bond donors (Lipinski definition) is 0. The smallest absolute Gasteiger partial charge is 0.229 e. The van der Waals surface area contributed by atoms with Gasteiger partial charge in [0.05, 0.1) is 17.7 Å². The Morgan fingerprint density at radius 3 is 2.41 bits per heavy atom. The van der Waals surface area contributed by atoms with Crippen molar-refractivity contribution in [3.8, 4) is 0 Å². The Balaban J connectivity index is 1.65. The normalized spacial score (nSPS) is 24.0. The van der Waals surface area contributed by atoms with Crippen molar-refractivity contribution in [3.05, 3.63) is 105 Å². The fourth-order valence-electron chi connectivity index (χ4n) is 6.30. The van der Waals surface area contributed by atoms with E-state index in [4.69, 9.17) is 23.2 Å². The van der Waals surface area contributed by atoms with Gasteiger partial charge in [-0.1, -0.05) is 66.5 Å². The molecule has 1 saturated heterocycles. The highest BCUT2D eigenvalue weighted by Crippen LogP contribution is 2.54. The van der Waals surface area contributed by atoms with Crippen molar-refractivity contribution in [1.29, 1.82) is 0 Å². The molecule has 1 aliphatic carbocycles. The number of carbonyl (C=O) groups excluding carboxylic acids is 1.